The summed E-state index contributed by atoms with van der Waals surface area (Å²) < 4.78 is 5.73. The van der Waals surface area contributed by atoms with Crippen LogP contribution in [0.15, 0.2) is 54.6 Å². The van der Waals surface area contributed by atoms with Crippen molar-refractivity contribution in [3.05, 3.63) is 65.7 Å². The smallest absolute Gasteiger partial charge is 0.251 e. The maximum atomic E-state index is 12.5. The number of hydrogen-bond donors (Lipinski definition) is 1. The minimum atomic E-state index is -0.0507. The third-order valence-electron chi connectivity index (χ3n) is 4.30. The molecule has 0 fully saturated rings. The fourth-order valence-electron chi connectivity index (χ4n) is 2.77. The van der Waals surface area contributed by atoms with Crippen LogP contribution in [0.25, 0.3) is 0 Å². The van der Waals surface area contributed by atoms with Crippen LogP contribution in [0.1, 0.15) is 67.9 Å². The highest BCUT2D eigenvalue weighted by Gasteiger charge is 2.13. The zero-order valence-corrected chi connectivity index (χ0v) is 15.3. The standard InChI is InChI=1S/C22H29NO2/c1-3-5-6-10-17-25-20-15-13-19(14-16-20)22(24)23-21(4-2)18-11-8-7-9-12-18/h7-9,11-16,21H,3-6,10,17H2,1-2H3,(H,23,24). The van der Waals surface area contributed by atoms with Crippen LogP contribution in [0.3, 0.4) is 0 Å². The van der Waals surface area contributed by atoms with Gasteiger partial charge in [-0.2, -0.15) is 0 Å². The summed E-state index contributed by atoms with van der Waals surface area (Å²) in [7, 11) is 0. The summed E-state index contributed by atoms with van der Waals surface area (Å²) in [5.41, 5.74) is 1.79. The summed E-state index contributed by atoms with van der Waals surface area (Å²) in [5.74, 6) is 0.772. The maximum absolute atomic E-state index is 12.5. The first-order valence-corrected chi connectivity index (χ1v) is 9.33. The average Bonchev–Trinajstić information content (AvgIpc) is 2.67. The third kappa shape index (κ3) is 6.26. The van der Waals surface area contributed by atoms with Crippen LogP contribution < -0.4 is 10.1 Å². The van der Waals surface area contributed by atoms with Gasteiger partial charge in [0.2, 0.25) is 0 Å². The molecule has 0 saturated heterocycles. The van der Waals surface area contributed by atoms with Crippen LogP contribution in [-0.2, 0) is 0 Å². The van der Waals surface area contributed by atoms with E-state index in [4.69, 9.17) is 4.74 Å². The number of nitrogens with one attached hydrogen (secondary N) is 1. The molecule has 25 heavy (non-hydrogen) atoms. The molecule has 2 rings (SSSR count). The molecule has 0 spiro atoms. The number of rotatable bonds is 10. The summed E-state index contributed by atoms with van der Waals surface area (Å²) >= 11 is 0. The first kappa shape index (κ1) is 19.0. The van der Waals surface area contributed by atoms with Crippen LogP contribution in [0, 0.1) is 0 Å². The molecule has 2 aromatic carbocycles. The van der Waals surface area contributed by atoms with E-state index in [0.29, 0.717) is 5.56 Å². The van der Waals surface area contributed by atoms with Gasteiger partial charge in [0.25, 0.3) is 5.91 Å². The monoisotopic (exact) mass is 339 g/mol. The summed E-state index contributed by atoms with van der Waals surface area (Å²) in [6.07, 6.45) is 5.61. The predicted molar refractivity (Wildman–Crippen MR) is 103 cm³/mol. The van der Waals surface area contributed by atoms with Gasteiger partial charge in [-0.25, -0.2) is 0 Å². The number of benzene rings is 2. The average molecular weight is 339 g/mol. The van der Waals surface area contributed by atoms with Gasteiger partial charge < -0.3 is 10.1 Å². The predicted octanol–water partition coefficient (Wildman–Crippen LogP) is 5.53. The van der Waals surface area contributed by atoms with Gasteiger partial charge in [0.15, 0.2) is 0 Å². The number of hydrogen-bond acceptors (Lipinski definition) is 2. The molecule has 3 heteroatoms. The normalized spacial score (nSPS) is 11.8. The number of carbonyl (C=O) groups excluding carboxylic acids is 1. The molecule has 0 aliphatic rings. The molecule has 0 aromatic heterocycles. The lowest BCUT2D eigenvalue weighted by Gasteiger charge is -2.17. The largest absolute Gasteiger partial charge is 0.494 e. The molecule has 1 atom stereocenters. The summed E-state index contributed by atoms with van der Waals surface area (Å²) in [6, 6.07) is 17.5. The van der Waals surface area contributed by atoms with E-state index >= 15 is 0 Å². The highest BCUT2D eigenvalue weighted by atomic mass is 16.5. The van der Waals surface area contributed by atoms with Gasteiger partial charge in [-0.15, -0.1) is 0 Å². The van der Waals surface area contributed by atoms with E-state index in [1.165, 1.54) is 19.3 Å². The fourth-order valence-corrected chi connectivity index (χ4v) is 2.77. The van der Waals surface area contributed by atoms with E-state index in [1.807, 2.05) is 54.6 Å². The Hall–Kier alpha value is -2.29. The Kier molecular flexibility index (Phi) is 8.03. The molecule has 0 bridgehead atoms. The number of amides is 1. The van der Waals surface area contributed by atoms with E-state index in [1.54, 1.807) is 0 Å². The van der Waals surface area contributed by atoms with Gasteiger partial charge in [-0.3, -0.25) is 4.79 Å². The van der Waals surface area contributed by atoms with Crippen molar-refractivity contribution < 1.29 is 9.53 Å². The van der Waals surface area contributed by atoms with Crippen molar-refractivity contribution in [2.45, 2.75) is 52.0 Å². The molecular weight excluding hydrogens is 310 g/mol. The number of unbranched alkanes of at least 4 members (excludes halogenated alkanes) is 3. The maximum Gasteiger partial charge on any atom is 0.251 e. The van der Waals surface area contributed by atoms with Gasteiger partial charge >= 0.3 is 0 Å². The van der Waals surface area contributed by atoms with Crippen LogP contribution >= 0.6 is 0 Å². The molecule has 0 aliphatic carbocycles. The van der Waals surface area contributed by atoms with E-state index in [9.17, 15) is 4.79 Å². The molecule has 0 aliphatic heterocycles. The van der Waals surface area contributed by atoms with Crippen molar-refractivity contribution in [1.82, 2.24) is 5.32 Å². The highest BCUT2D eigenvalue weighted by molar-refractivity contribution is 5.94. The topological polar surface area (TPSA) is 38.3 Å². The second-order valence-electron chi connectivity index (χ2n) is 6.28. The molecular formula is C22H29NO2. The first-order chi connectivity index (χ1) is 12.2. The Bertz CT molecular complexity index is 622. The lowest BCUT2D eigenvalue weighted by molar-refractivity contribution is 0.0935. The second kappa shape index (κ2) is 10.5. The van der Waals surface area contributed by atoms with Crippen LogP contribution in [0.5, 0.6) is 5.75 Å². The molecule has 0 radical (unpaired) electrons. The molecule has 2 aromatic rings. The van der Waals surface area contributed by atoms with Gasteiger partial charge in [0.1, 0.15) is 5.75 Å². The zero-order chi connectivity index (χ0) is 17.9. The van der Waals surface area contributed by atoms with Gasteiger partial charge in [0.05, 0.1) is 12.6 Å². The van der Waals surface area contributed by atoms with Crippen LogP contribution in [0.4, 0.5) is 0 Å². The van der Waals surface area contributed by atoms with Crippen molar-refractivity contribution in [1.29, 1.82) is 0 Å². The lowest BCUT2D eigenvalue weighted by Crippen LogP contribution is -2.28. The van der Waals surface area contributed by atoms with E-state index in [2.05, 4.69) is 19.2 Å². The molecule has 3 nitrogen and oxygen atoms in total. The Morgan fingerprint density at radius 1 is 0.960 bits per heavy atom. The van der Waals surface area contributed by atoms with Crippen molar-refractivity contribution in [3.8, 4) is 5.75 Å². The molecule has 1 amide bonds. The molecule has 0 saturated carbocycles. The molecule has 134 valence electrons. The quantitative estimate of drug-likeness (QED) is 0.578. The van der Waals surface area contributed by atoms with Crippen molar-refractivity contribution in [3.63, 3.8) is 0 Å². The summed E-state index contributed by atoms with van der Waals surface area (Å²) in [4.78, 5) is 12.5. The van der Waals surface area contributed by atoms with E-state index in [0.717, 1.165) is 30.8 Å². The van der Waals surface area contributed by atoms with Gasteiger partial charge in [-0.1, -0.05) is 63.4 Å². The highest BCUT2D eigenvalue weighted by Crippen LogP contribution is 2.18. The first-order valence-electron chi connectivity index (χ1n) is 9.33. The Morgan fingerprint density at radius 2 is 1.68 bits per heavy atom. The Morgan fingerprint density at radius 3 is 2.32 bits per heavy atom. The molecule has 0 heterocycles. The minimum Gasteiger partial charge on any atom is -0.494 e. The number of ether oxygens (including phenoxy) is 1. The van der Waals surface area contributed by atoms with Gasteiger partial charge in [-0.05, 0) is 42.7 Å². The SMILES string of the molecule is CCCCCCOc1ccc(C(=O)NC(CC)c2ccccc2)cc1. The van der Waals surface area contributed by atoms with Crippen molar-refractivity contribution >= 4 is 5.91 Å². The lowest BCUT2D eigenvalue weighted by atomic mass is 10.0. The Labute approximate surface area is 151 Å². The van der Waals surface area contributed by atoms with E-state index in [-0.39, 0.29) is 11.9 Å². The molecule has 1 unspecified atom stereocenters. The second-order valence-corrected chi connectivity index (χ2v) is 6.28. The zero-order valence-electron chi connectivity index (χ0n) is 15.3. The molecule has 1 N–H and O–H groups in total. The van der Waals surface area contributed by atoms with Gasteiger partial charge in [0, 0.05) is 5.56 Å². The fraction of sp³-hybridized carbons (Fsp3) is 0.409. The minimum absolute atomic E-state index is 0.0307. The van der Waals surface area contributed by atoms with Crippen LogP contribution in [0.2, 0.25) is 0 Å². The van der Waals surface area contributed by atoms with Crippen molar-refractivity contribution in [2.24, 2.45) is 0 Å². The summed E-state index contributed by atoms with van der Waals surface area (Å²) in [5, 5.41) is 3.11. The van der Waals surface area contributed by atoms with Crippen molar-refractivity contribution in [2.75, 3.05) is 6.61 Å². The van der Waals surface area contributed by atoms with E-state index < -0.39 is 0 Å². The Balaban J connectivity index is 1.87. The number of carbonyl (C=O) groups is 1. The summed E-state index contributed by atoms with van der Waals surface area (Å²) in [6.45, 7) is 5.01. The van der Waals surface area contributed by atoms with Crippen LogP contribution in [-0.4, -0.2) is 12.5 Å². The third-order valence-corrected chi connectivity index (χ3v) is 4.30.